The van der Waals surface area contributed by atoms with Crippen molar-refractivity contribution in [3.05, 3.63) is 29.8 Å². The van der Waals surface area contributed by atoms with Crippen LogP contribution >= 0.6 is 0 Å². The second-order valence-corrected chi connectivity index (χ2v) is 4.93. The predicted molar refractivity (Wildman–Crippen MR) is 74.9 cm³/mol. The number of carbonyl (C=O) groups is 1. The van der Waals surface area contributed by atoms with E-state index in [4.69, 9.17) is 10.8 Å². The quantitative estimate of drug-likeness (QED) is 0.689. The van der Waals surface area contributed by atoms with Crippen molar-refractivity contribution in [1.82, 2.24) is 10.2 Å². The minimum absolute atomic E-state index is 0.0411. The summed E-state index contributed by atoms with van der Waals surface area (Å²) in [5.74, 6) is -0.0411. The molecule has 0 spiro atoms. The van der Waals surface area contributed by atoms with Crippen LogP contribution in [0.15, 0.2) is 24.3 Å². The van der Waals surface area contributed by atoms with Crippen LogP contribution in [-0.2, 0) is 0 Å². The summed E-state index contributed by atoms with van der Waals surface area (Å²) in [6.45, 7) is 2.77. The molecule has 0 aliphatic carbocycles. The average Bonchev–Trinajstić information content (AvgIpc) is 2.42. The number of carbonyl (C=O) groups excluding carboxylic acids is 1. The number of hydrogen-bond acceptors (Lipinski definition) is 4. The standard InChI is InChI=1S/C14H21N3O2/c15-12-3-1-11(2-4-12)14(19)16-13-5-7-17(8-6-13)9-10-18/h1-4,13,18H,5-10,15H2,(H,16,19). The molecule has 0 aromatic heterocycles. The van der Waals surface area contributed by atoms with Gasteiger partial charge >= 0.3 is 0 Å². The first-order valence-corrected chi connectivity index (χ1v) is 6.68. The summed E-state index contributed by atoms with van der Waals surface area (Å²) in [5, 5.41) is 11.9. The van der Waals surface area contributed by atoms with Crippen LogP contribution in [0.3, 0.4) is 0 Å². The van der Waals surface area contributed by atoms with Crippen molar-refractivity contribution in [2.75, 3.05) is 32.0 Å². The number of benzene rings is 1. The minimum Gasteiger partial charge on any atom is -0.399 e. The van der Waals surface area contributed by atoms with Crippen LogP contribution in [0, 0.1) is 0 Å². The number of aliphatic hydroxyl groups is 1. The molecule has 0 radical (unpaired) electrons. The molecule has 5 heteroatoms. The van der Waals surface area contributed by atoms with E-state index in [0.29, 0.717) is 11.3 Å². The fourth-order valence-corrected chi connectivity index (χ4v) is 2.35. The summed E-state index contributed by atoms with van der Waals surface area (Å²) < 4.78 is 0. The molecule has 0 unspecified atom stereocenters. The van der Waals surface area contributed by atoms with Crippen LogP contribution in [0.1, 0.15) is 23.2 Å². The highest BCUT2D eigenvalue weighted by molar-refractivity contribution is 5.94. The van der Waals surface area contributed by atoms with Gasteiger partial charge in [0, 0.05) is 36.9 Å². The number of nitrogens with zero attached hydrogens (tertiary/aromatic N) is 1. The molecule has 0 bridgehead atoms. The van der Waals surface area contributed by atoms with Gasteiger partial charge < -0.3 is 21.1 Å². The molecule has 4 N–H and O–H groups in total. The molecule has 0 atom stereocenters. The highest BCUT2D eigenvalue weighted by atomic mass is 16.3. The minimum atomic E-state index is -0.0411. The van der Waals surface area contributed by atoms with Crippen molar-refractivity contribution in [3.8, 4) is 0 Å². The number of nitrogen functional groups attached to an aromatic ring is 1. The van der Waals surface area contributed by atoms with Crippen molar-refractivity contribution < 1.29 is 9.90 Å². The first kappa shape index (κ1) is 13.8. The molecule has 1 aliphatic heterocycles. The van der Waals surface area contributed by atoms with E-state index in [0.717, 1.165) is 32.5 Å². The van der Waals surface area contributed by atoms with E-state index < -0.39 is 0 Å². The van der Waals surface area contributed by atoms with Crippen molar-refractivity contribution in [1.29, 1.82) is 0 Å². The van der Waals surface area contributed by atoms with Gasteiger partial charge in [-0.2, -0.15) is 0 Å². The fourth-order valence-electron chi connectivity index (χ4n) is 2.35. The molecule has 1 aliphatic rings. The predicted octanol–water partition coefficient (Wildman–Crippen LogP) is 0.455. The molecule has 1 amide bonds. The van der Waals surface area contributed by atoms with Gasteiger partial charge in [0.15, 0.2) is 0 Å². The lowest BCUT2D eigenvalue weighted by Gasteiger charge is -2.31. The number of nitrogens with one attached hydrogen (secondary N) is 1. The number of hydrogen-bond donors (Lipinski definition) is 3. The van der Waals surface area contributed by atoms with Gasteiger partial charge in [0.05, 0.1) is 6.61 Å². The summed E-state index contributed by atoms with van der Waals surface area (Å²) in [6, 6.07) is 7.18. The Morgan fingerprint density at radius 2 is 1.95 bits per heavy atom. The molecule has 5 nitrogen and oxygen atoms in total. The van der Waals surface area contributed by atoms with E-state index in [1.54, 1.807) is 24.3 Å². The molecule has 1 aromatic rings. The molecular formula is C14H21N3O2. The third-order valence-electron chi connectivity index (χ3n) is 3.51. The van der Waals surface area contributed by atoms with Gasteiger partial charge in [-0.3, -0.25) is 4.79 Å². The zero-order chi connectivity index (χ0) is 13.7. The lowest BCUT2D eigenvalue weighted by molar-refractivity contribution is 0.0903. The maximum Gasteiger partial charge on any atom is 0.251 e. The smallest absolute Gasteiger partial charge is 0.251 e. The lowest BCUT2D eigenvalue weighted by Crippen LogP contribution is -2.45. The zero-order valence-corrected chi connectivity index (χ0v) is 11.0. The number of likely N-dealkylation sites (tertiary alicyclic amines) is 1. The van der Waals surface area contributed by atoms with Crippen LogP contribution in [0.25, 0.3) is 0 Å². The maximum absolute atomic E-state index is 12.0. The third kappa shape index (κ3) is 3.94. The Hall–Kier alpha value is -1.59. The highest BCUT2D eigenvalue weighted by Gasteiger charge is 2.20. The Labute approximate surface area is 113 Å². The average molecular weight is 263 g/mol. The number of rotatable bonds is 4. The van der Waals surface area contributed by atoms with Crippen molar-refractivity contribution in [3.63, 3.8) is 0 Å². The van der Waals surface area contributed by atoms with Gasteiger partial charge in [-0.1, -0.05) is 0 Å². The number of β-amino-alcohol motifs (C(OH)–C–C–N with tert-alkyl or cyclic N) is 1. The summed E-state index contributed by atoms with van der Waals surface area (Å²) in [4.78, 5) is 14.2. The van der Waals surface area contributed by atoms with Crippen molar-refractivity contribution in [2.24, 2.45) is 0 Å². The molecular weight excluding hydrogens is 242 g/mol. The summed E-state index contributed by atoms with van der Waals surface area (Å²) >= 11 is 0. The first-order chi connectivity index (χ1) is 9.19. The Morgan fingerprint density at radius 1 is 1.32 bits per heavy atom. The van der Waals surface area contributed by atoms with E-state index in [1.165, 1.54) is 0 Å². The van der Waals surface area contributed by atoms with E-state index in [-0.39, 0.29) is 18.6 Å². The number of anilines is 1. The summed E-state index contributed by atoms with van der Waals surface area (Å²) in [5.41, 5.74) is 6.90. The number of amides is 1. The van der Waals surface area contributed by atoms with Crippen molar-refractivity contribution in [2.45, 2.75) is 18.9 Å². The van der Waals surface area contributed by atoms with E-state index in [1.807, 2.05) is 0 Å². The Balaban J connectivity index is 1.82. The van der Waals surface area contributed by atoms with Crippen LogP contribution in [0.4, 0.5) is 5.69 Å². The summed E-state index contributed by atoms with van der Waals surface area (Å²) in [6.07, 6.45) is 1.86. The van der Waals surface area contributed by atoms with Crippen LogP contribution in [-0.4, -0.2) is 48.2 Å². The van der Waals surface area contributed by atoms with Gasteiger partial charge in [0.2, 0.25) is 0 Å². The Kier molecular flexibility index (Phi) is 4.76. The summed E-state index contributed by atoms with van der Waals surface area (Å²) in [7, 11) is 0. The highest BCUT2D eigenvalue weighted by Crippen LogP contribution is 2.11. The third-order valence-corrected chi connectivity index (χ3v) is 3.51. The number of nitrogens with two attached hydrogens (primary N) is 1. The first-order valence-electron chi connectivity index (χ1n) is 6.68. The molecule has 19 heavy (non-hydrogen) atoms. The van der Waals surface area contributed by atoms with E-state index in [2.05, 4.69) is 10.2 Å². The van der Waals surface area contributed by atoms with E-state index >= 15 is 0 Å². The van der Waals surface area contributed by atoms with Gasteiger partial charge in [-0.05, 0) is 37.1 Å². The number of aliphatic hydroxyl groups excluding tert-OH is 1. The van der Waals surface area contributed by atoms with Gasteiger partial charge in [0.25, 0.3) is 5.91 Å². The van der Waals surface area contributed by atoms with Crippen LogP contribution in [0.2, 0.25) is 0 Å². The van der Waals surface area contributed by atoms with Crippen LogP contribution < -0.4 is 11.1 Å². The second kappa shape index (κ2) is 6.54. The molecule has 1 fully saturated rings. The van der Waals surface area contributed by atoms with Crippen molar-refractivity contribution >= 4 is 11.6 Å². The maximum atomic E-state index is 12.0. The van der Waals surface area contributed by atoms with E-state index in [9.17, 15) is 4.79 Å². The monoisotopic (exact) mass is 263 g/mol. The molecule has 2 rings (SSSR count). The number of piperidine rings is 1. The van der Waals surface area contributed by atoms with Gasteiger partial charge in [-0.25, -0.2) is 0 Å². The normalized spacial score (nSPS) is 17.3. The largest absolute Gasteiger partial charge is 0.399 e. The fraction of sp³-hybridized carbons (Fsp3) is 0.500. The topological polar surface area (TPSA) is 78.6 Å². The second-order valence-electron chi connectivity index (χ2n) is 4.93. The Bertz CT molecular complexity index is 411. The molecule has 1 saturated heterocycles. The molecule has 1 aromatic carbocycles. The molecule has 104 valence electrons. The molecule has 0 saturated carbocycles. The lowest BCUT2D eigenvalue weighted by atomic mass is 10.0. The SMILES string of the molecule is Nc1ccc(C(=O)NC2CCN(CCO)CC2)cc1. The molecule has 1 heterocycles. The van der Waals surface area contributed by atoms with Gasteiger partial charge in [-0.15, -0.1) is 0 Å². The van der Waals surface area contributed by atoms with Gasteiger partial charge in [0.1, 0.15) is 0 Å². The zero-order valence-electron chi connectivity index (χ0n) is 11.0. The Morgan fingerprint density at radius 3 is 2.53 bits per heavy atom. The van der Waals surface area contributed by atoms with Crippen LogP contribution in [0.5, 0.6) is 0 Å².